The van der Waals surface area contributed by atoms with Gasteiger partial charge in [-0.1, -0.05) is 42.5 Å². The number of ether oxygens (including phenoxy) is 1. The third-order valence-corrected chi connectivity index (χ3v) is 2.78. The van der Waals surface area contributed by atoms with Crippen molar-refractivity contribution in [1.82, 2.24) is 0 Å². The number of hydrogen-bond acceptors (Lipinski definition) is 4. The van der Waals surface area contributed by atoms with Gasteiger partial charge in [0.25, 0.3) is 0 Å². The molecule has 0 aliphatic carbocycles. The number of rotatable bonds is 4. The van der Waals surface area contributed by atoms with Crippen molar-refractivity contribution in [3.8, 4) is 6.07 Å². The monoisotopic (exact) mass is 267 g/mol. The first-order chi connectivity index (χ1) is 9.70. The summed E-state index contributed by atoms with van der Waals surface area (Å²) in [6, 6.07) is 17.4. The van der Waals surface area contributed by atoms with Crippen molar-refractivity contribution >= 4 is 5.97 Å². The molecule has 0 aliphatic heterocycles. The fourth-order valence-electron chi connectivity index (χ4n) is 1.74. The molecule has 4 heteroatoms. The van der Waals surface area contributed by atoms with Crippen LogP contribution in [0.4, 0.5) is 0 Å². The molecule has 2 aromatic carbocycles. The minimum atomic E-state index is -1.30. The average Bonchev–Trinajstić information content (AvgIpc) is 2.53. The lowest BCUT2D eigenvalue weighted by Crippen LogP contribution is -2.15. The van der Waals surface area contributed by atoms with Crippen LogP contribution < -0.4 is 0 Å². The number of nitrogens with zero attached hydrogens (tertiary/aromatic N) is 1. The molecule has 4 nitrogen and oxygen atoms in total. The van der Waals surface area contributed by atoms with Crippen LogP contribution in [-0.4, -0.2) is 11.1 Å². The van der Waals surface area contributed by atoms with Crippen LogP contribution >= 0.6 is 0 Å². The summed E-state index contributed by atoms with van der Waals surface area (Å²) in [5, 5.41) is 18.6. The molecule has 0 amide bonds. The number of benzene rings is 2. The Morgan fingerprint density at radius 2 is 1.95 bits per heavy atom. The molecule has 0 heterocycles. The van der Waals surface area contributed by atoms with Gasteiger partial charge < -0.3 is 9.84 Å². The van der Waals surface area contributed by atoms with E-state index < -0.39 is 12.1 Å². The zero-order chi connectivity index (χ0) is 14.4. The number of carbonyl (C=O) groups excluding carboxylic acids is 1. The largest absolute Gasteiger partial charge is 0.459 e. The standard InChI is InChI=1S/C16H13NO3/c17-10-12-5-4-6-13(9-12)11-20-16(19)15(18)14-7-2-1-3-8-14/h1-9,15,18H,11H2. The lowest BCUT2D eigenvalue weighted by molar-refractivity contribution is -0.155. The second kappa shape index (κ2) is 6.50. The smallest absolute Gasteiger partial charge is 0.339 e. The quantitative estimate of drug-likeness (QED) is 0.863. The summed E-state index contributed by atoms with van der Waals surface area (Å²) >= 11 is 0. The van der Waals surface area contributed by atoms with E-state index in [4.69, 9.17) is 10.00 Å². The van der Waals surface area contributed by atoms with Gasteiger partial charge in [0.1, 0.15) is 6.61 Å². The summed E-state index contributed by atoms with van der Waals surface area (Å²) in [5.41, 5.74) is 1.70. The maximum atomic E-state index is 11.7. The highest BCUT2D eigenvalue weighted by molar-refractivity contribution is 5.76. The van der Waals surface area contributed by atoms with Crippen LogP contribution in [0.1, 0.15) is 22.8 Å². The number of aliphatic hydroxyl groups excluding tert-OH is 1. The van der Waals surface area contributed by atoms with E-state index in [0.29, 0.717) is 16.7 Å². The molecular formula is C16H13NO3. The summed E-state index contributed by atoms with van der Waals surface area (Å²) < 4.78 is 5.05. The molecule has 0 aromatic heterocycles. The van der Waals surface area contributed by atoms with Gasteiger partial charge in [-0.25, -0.2) is 4.79 Å². The Balaban J connectivity index is 1.97. The number of hydrogen-bond donors (Lipinski definition) is 1. The van der Waals surface area contributed by atoms with Gasteiger partial charge >= 0.3 is 5.97 Å². The molecule has 0 fully saturated rings. The van der Waals surface area contributed by atoms with E-state index in [9.17, 15) is 9.90 Å². The highest BCUT2D eigenvalue weighted by Gasteiger charge is 2.18. The van der Waals surface area contributed by atoms with Crippen molar-refractivity contribution in [2.45, 2.75) is 12.7 Å². The van der Waals surface area contributed by atoms with E-state index in [1.165, 1.54) is 0 Å². The zero-order valence-electron chi connectivity index (χ0n) is 10.7. The minimum absolute atomic E-state index is 0.0260. The van der Waals surface area contributed by atoms with Gasteiger partial charge in [0.05, 0.1) is 11.6 Å². The molecule has 2 aromatic rings. The lowest BCUT2D eigenvalue weighted by Gasteiger charge is -2.11. The second-order valence-electron chi connectivity index (χ2n) is 4.23. The molecule has 1 atom stereocenters. The summed E-state index contributed by atoms with van der Waals surface area (Å²) in [6.07, 6.45) is -1.30. The van der Waals surface area contributed by atoms with Crippen molar-refractivity contribution in [2.24, 2.45) is 0 Å². The topological polar surface area (TPSA) is 70.3 Å². The predicted molar refractivity (Wildman–Crippen MR) is 72.4 cm³/mol. The van der Waals surface area contributed by atoms with E-state index in [2.05, 4.69) is 0 Å². The van der Waals surface area contributed by atoms with E-state index in [1.54, 1.807) is 54.6 Å². The maximum Gasteiger partial charge on any atom is 0.339 e. The first-order valence-electron chi connectivity index (χ1n) is 6.09. The van der Waals surface area contributed by atoms with Crippen LogP contribution in [-0.2, 0) is 16.1 Å². The summed E-state index contributed by atoms with van der Waals surface area (Å²) in [5.74, 6) is -0.710. The maximum absolute atomic E-state index is 11.7. The first kappa shape index (κ1) is 13.8. The zero-order valence-corrected chi connectivity index (χ0v) is 10.7. The Kier molecular flexibility index (Phi) is 4.48. The number of esters is 1. The number of carbonyl (C=O) groups is 1. The van der Waals surface area contributed by atoms with Crippen LogP contribution in [0.15, 0.2) is 54.6 Å². The predicted octanol–water partition coefficient (Wildman–Crippen LogP) is 2.34. The van der Waals surface area contributed by atoms with Crippen LogP contribution in [0.2, 0.25) is 0 Å². The van der Waals surface area contributed by atoms with Gasteiger partial charge in [-0.2, -0.15) is 5.26 Å². The summed E-state index contributed by atoms with van der Waals surface area (Å²) in [6.45, 7) is 0.0260. The van der Waals surface area contributed by atoms with E-state index >= 15 is 0 Å². The molecule has 0 saturated heterocycles. The SMILES string of the molecule is N#Cc1cccc(COC(=O)C(O)c2ccccc2)c1. The second-order valence-corrected chi connectivity index (χ2v) is 4.23. The Morgan fingerprint density at radius 3 is 2.65 bits per heavy atom. The van der Waals surface area contributed by atoms with Gasteiger partial charge in [-0.15, -0.1) is 0 Å². The lowest BCUT2D eigenvalue weighted by atomic mass is 10.1. The molecule has 2 rings (SSSR count). The average molecular weight is 267 g/mol. The third-order valence-electron chi connectivity index (χ3n) is 2.78. The normalized spacial score (nSPS) is 11.4. The molecular weight excluding hydrogens is 254 g/mol. The van der Waals surface area contributed by atoms with Crippen LogP contribution in [0, 0.1) is 11.3 Å². The van der Waals surface area contributed by atoms with Gasteiger partial charge in [0, 0.05) is 0 Å². The minimum Gasteiger partial charge on any atom is -0.459 e. The fraction of sp³-hybridized carbons (Fsp3) is 0.125. The molecule has 1 unspecified atom stereocenters. The van der Waals surface area contributed by atoms with Crippen molar-refractivity contribution < 1.29 is 14.6 Å². The highest BCUT2D eigenvalue weighted by atomic mass is 16.5. The summed E-state index contributed by atoms with van der Waals surface area (Å²) in [7, 11) is 0. The van der Waals surface area contributed by atoms with Crippen LogP contribution in [0.5, 0.6) is 0 Å². The third kappa shape index (κ3) is 3.44. The molecule has 0 aliphatic rings. The van der Waals surface area contributed by atoms with Gasteiger partial charge in [0.15, 0.2) is 6.10 Å². The van der Waals surface area contributed by atoms with Crippen molar-refractivity contribution in [3.63, 3.8) is 0 Å². The fourth-order valence-corrected chi connectivity index (χ4v) is 1.74. The highest BCUT2D eigenvalue weighted by Crippen LogP contribution is 2.15. The molecule has 0 radical (unpaired) electrons. The first-order valence-corrected chi connectivity index (χ1v) is 6.09. The van der Waals surface area contributed by atoms with Crippen molar-refractivity contribution in [3.05, 3.63) is 71.3 Å². The molecule has 20 heavy (non-hydrogen) atoms. The molecule has 1 N–H and O–H groups in total. The van der Waals surface area contributed by atoms with E-state index in [1.807, 2.05) is 6.07 Å². The van der Waals surface area contributed by atoms with Gasteiger partial charge in [0.2, 0.25) is 0 Å². The van der Waals surface area contributed by atoms with Crippen molar-refractivity contribution in [2.75, 3.05) is 0 Å². The van der Waals surface area contributed by atoms with Gasteiger partial charge in [-0.05, 0) is 23.3 Å². The molecule has 0 bridgehead atoms. The number of aliphatic hydroxyl groups is 1. The van der Waals surface area contributed by atoms with Crippen LogP contribution in [0.3, 0.4) is 0 Å². The number of nitriles is 1. The Morgan fingerprint density at radius 1 is 1.20 bits per heavy atom. The molecule has 0 saturated carbocycles. The summed E-state index contributed by atoms with van der Waals surface area (Å²) in [4.78, 5) is 11.7. The Labute approximate surface area is 116 Å². The Bertz CT molecular complexity index is 632. The van der Waals surface area contributed by atoms with Crippen molar-refractivity contribution in [1.29, 1.82) is 5.26 Å². The molecule has 100 valence electrons. The van der Waals surface area contributed by atoms with E-state index in [-0.39, 0.29) is 6.61 Å². The van der Waals surface area contributed by atoms with Gasteiger partial charge in [-0.3, -0.25) is 0 Å². The van der Waals surface area contributed by atoms with E-state index in [0.717, 1.165) is 0 Å². The van der Waals surface area contributed by atoms with Crippen LogP contribution in [0.25, 0.3) is 0 Å². The Hall–Kier alpha value is -2.64. The molecule has 0 spiro atoms.